The number of aryl methyl sites for hydroxylation is 1. The zero-order valence-electron chi connectivity index (χ0n) is 16.1. The Balaban J connectivity index is 1.42. The average Bonchev–Trinajstić information content (AvgIpc) is 3.17. The van der Waals surface area contributed by atoms with Gasteiger partial charge >= 0.3 is 0 Å². The molecule has 6 nitrogen and oxygen atoms in total. The zero-order chi connectivity index (χ0) is 20.4. The van der Waals surface area contributed by atoms with Gasteiger partial charge in [0.25, 0.3) is 0 Å². The van der Waals surface area contributed by atoms with Crippen LogP contribution in [0.15, 0.2) is 70.0 Å². The van der Waals surface area contributed by atoms with Crippen molar-refractivity contribution in [2.75, 3.05) is 26.2 Å². The van der Waals surface area contributed by atoms with Gasteiger partial charge in [-0.2, -0.15) is 4.31 Å². The van der Waals surface area contributed by atoms with Crippen molar-refractivity contribution in [2.24, 2.45) is 0 Å². The van der Waals surface area contributed by atoms with E-state index < -0.39 is 10.0 Å². The molecule has 0 aliphatic carbocycles. The largest absolute Gasteiger partial charge is 0.462 e. The molecule has 0 atom stereocenters. The topological polar surface area (TPSA) is 70.8 Å². The van der Waals surface area contributed by atoms with Crippen molar-refractivity contribution in [1.29, 1.82) is 0 Å². The first-order valence-corrected chi connectivity index (χ1v) is 10.9. The van der Waals surface area contributed by atoms with E-state index in [1.165, 1.54) is 10.4 Å². The molecule has 0 N–H and O–H groups in total. The summed E-state index contributed by atoms with van der Waals surface area (Å²) < 4.78 is 32.9. The molecule has 3 aromatic rings. The summed E-state index contributed by atoms with van der Waals surface area (Å²) in [6, 6.07) is 16.5. The van der Waals surface area contributed by atoms with Crippen LogP contribution in [0.2, 0.25) is 0 Å². The molecule has 1 fully saturated rings. The van der Waals surface area contributed by atoms with Crippen molar-refractivity contribution in [3.8, 4) is 0 Å². The van der Waals surface area contributed by atoms with Crippen LogP contribution in [0, 0.1) is 6.92 Å². The maximum absolute atomic E-state index is 13.0. The Morgan fingerprint density at radius 3 is 2.38 bits per heavy atom. The lowest BCUT2D eigenvalue weighted by molar-refractivity contribution is -0.127. The number of carbonyl (C=O) groups is 1. The molecule has 29 heavy (non-hydrogen) atoms. The third-order valence-electron chi connectivity index (χ3n) is 5.06. The smallest absolute Gasteiger partial charge is 0.246 e. The lowest BCUT2D eigenvalue weighted by Gasteiger charge is -2.33. The maximum atomic E-state index is 13.0. The standard InChI is InChI=1S/C22H22N2O4S/c1-17-6-8-20(28-17)9-11-22(25)23-12-14-24(15-13-23)29(26,27)21-10-7-18-4-2-3-5-19(18)16-21/h2-11,16H,12-15H2,1H3/b11-9+. The van der Waals surface area contributed by atoms with Crippen LogP contribution in [-0.2, 0) is 14.8 Å². The Morgan fingerprint density at radius 1 is 0.966 bits per heavy atom. The number of rotatable bonds is 4. The first kappa shape index (κ1) is 19.4. The van der Waals surface area contributed by atoms with Crippen LogP contribution >= 0.6 is 0 Å². The molecule has 7 heteroatoms. The average molecular weight is 410 g/mol. The number of hydrogen-bond acceptors (Lipinski definition) is 4. The molecule has 1 aliphatic heterocycles. The Kier molecular flexibility index (Phi) is 5.25. The number of sulfonamides is 1. The van der Waals surface area contributed by atoms with Crippen molar-refractivity contribution in [2.45, 2.75) is 11.8 Å². The van der Waals surface area contributed by atoms with Gasteiger partial charge in [0, 0.05) is 32.3 Å². The van der Waals surface area contributed by atoms with E-state index in [2.05, 4.69) is 0 Å². The van der Waals surface area contributed by atoms with E-state index in [1.54, 1.807) is 29.2 Å². The van der Waals surface area contributed by atoms with E-state index in [9.17, 15) is 13.2 Å². The van der Waals surface area contributed by atoms with Crippen LogP contribution in [-0.4, -0.2) is 49.7 Å². The summed E-state index contributed by atoms with van der Waals surface area (Å²) in [6.07, 6.45) is 3.10. The molecule has 2 heterocycles. The van der Waals surface area contributed by atoms with Gasteiger partial charge in [0.15, 0.2) is 0 Å². The third-order valence-corrected chi connectivity index (χ3v) is 6.95. The molecule has 0 saturated carbocycles. The SMILES string of the molecule is Cc1ccc(/C=C/C(=O)N2CCN(S(=O)(=O)c3ccc4ccccc4c3)CC2)o1. The fraction of sp³-hybridized carbons (Fsp3) is 0.227. The molecule has 1 amide bonds. The first-order valence-electron chi connectivity index (χ1n) is 9.46. The van der Waals surface area contributed by atoms with Crippen LogP contribution in [0.1, 0.15) is 11.5 Å². The van der Waals surface area contributed by atoms with Gasteiger partial charge < -0.3 is 9.32 Å². The monoisotopic (exact) mass is 410 g/mol. The summed E-state index contributed by atoms with van der Waals surface area (Å²) >= 11 is 0. The Bertz CT molecular complexity index is 1170. The molecular formula is C22H22N2O4S. The lowest BCUT2D eigenvalue weighted by Crippen LogP contribution is -2.50. The number of furan rings is 1. The Hall–Kier alpha value is -2.90. The zero-order valence-corrected chi connectivity index (χ0v) is 16.9. The van der Waals surface area contributed by atoms with Crippen molar-refractivity contribution in [3.05, 3.63) is 72.2 Å². The number of nitrogens with zero attached hydrogens (tertiary/aromatic N) is 2. The maximum Gasteiger partial charge on any atom is 0.246 e. The fourth-order valence-corrected chi connectivity index (χ4v) is 4.89. The van der Waals surface area contributed by atoms with Crippen molar-refractivity contribution in [1.82, 2.24) is 9.21 Å². The second-order valence-electron chi connectivity index (χ2n) is 7.02. The van der Waals surface area contributed by atoms with Crippen molar-refractivity contribution >= 4 is 32.8 Å². The molecule has 0 spiro atoms. The molecule has 0 unspecified atom stereocenters. The van der Waals surface area contributed by atoms with Gasteiger partial charge in [0.2, 0.25) is 15.9 Å². The van der Waals surface area contributed by atoms with Gasteiger partial charge in [0.1, 0.15) is 11.5 Å². The molecule has 1 aromatic heterocycles. The number of benzene rings is 2. The number of fused-ring (bicyclic) bond motifs is 1. The van der Waals surface area contributed by atoms with Crippen molar-refractivity contribution < 1.29 is 17.6 Å². The van der Waals surface area contributed by atoms with E-state index in [-0.39, 0.29) is 23.9 Å². The van der Waals surface area contributed by atoms with Crippen LogP contribution < -0.4 is 0 Å². The quantitative estimate of drug-likeness (QED) is 0.619. The van der Waals surface area contributed by atoms with E-state index >= 15 is 0 Å². The van der Waals surface area contributed by atoms with Crippen LogP contribution in [0.4, 0.5) is 0 Å². The molecule has 0 bridgehead atoms. The highest BCUT2D eigenvalue weighted by Gasteiger charge is 2.29. The molecule has 1 saturated heterocycles. The summed E-state index contributed by atoms with van der Waals surface area (Å²) in [5.41, 5.74) is 0. The summed E-state index contributed by atoms with van der Waals surface area (Å²) in [5.74, 6) is 1.25. The molecule has 0 radical (unpaired) electrons. The van der Waals surface area contributed by atoms with Crippen molar-refractivity contribution in [3.63, 3.8) is 0 Å². The van der Waals surface area contributed by atoms with Crippen LogP contribution in [0.5, 0.6) is 0 Å². The van der Waals surface area contributed by atoms with E-state index in [0.717, 1.165) is 16.5 Å². The van der Waals surface area contributed by atoms with Crippen LogP contribution in [0.3, 0.4) is 0 Å². The normalized spacial score (nSPS) is 16.0. The summed E-state index contributed by atoms with van der Waals surface area (Å²) in [6.45, 7) is 3.10. The Morgan fingerprint density at radius 2 is 1.69 bits per heavy atom. The number of carbonyl (C=O) groups excluding carboxylic acids is 1. The fourth-order valence-electron chi connectivity index (χ4n) is 3.43. The van der Waals surface area contributed by atoms with Gasteiger partial charge in [-0.1, -0.05) is 30.3 Å². The minimum absolute atomic E-state index is 0.151. The highest BCUT2D eigenvalue weighted by Crippen LogP contribution is 2.23. The molecule has 4 rings (SSSR count). The predicted octanol–water partition coefficient (Wildman–Crippen LogP) is 3.29. The number of amides is 1. The minimum Gasteiger partial charge on any atom is -0.462 e. The lowest BCUT2D eigenvalue weighted by atomic mass is 10.1. The van der Waals surface area contributed by atoms with Crippen LogP contribution in [0.25, 0.3) is 16.8 Å². The first-order chi connectivity index (χ1) is 13.9. The highest BCUT2D eigenvalue weighted by atomic mass is 32.2. The second kappa shape index (κ2) is 7.85. The Labute approximate surface area is 170 Å². The van der Waals surface area contributed by atoms with Gasteiger partial charge in [-0.25, -0.2) is 8.42 Å². The summed E-state index contributed by atoms with van der Waals surface area (Å²) in [4.78, 5) is 14.3. The molecule has 1 aliphatic rings. The second-order valence-corrected chi connectivity index (χ2v) is 8.96. The van der Waals surface area contributed by atoms with Gasteiger partial charge in [-0.3, -0.25) is 4.79 Å². The molecular weight excluding hydrogens is 388 g/mol. The highest BCUT2D eigenvalue weighted by molar-refractivity contribution is 7.89. The minimum atomic E-state index is -3.59. The van der Waals surface area contributed by atoms with Gasteiger partial charge in [-0.05, 0) is 48.0 Å². The van der Waals surface area contributed by atoms with Gasteiger partial charge in [0.05, 0.1) is 4.90 Å². The molecule has 150 valence electrons. The van der Waals surface area contributed by atoms with E-state index in [0.29, 0.717) is 18.8 Å². The predicted molar refractivity (Wildman–Crippen MR) is 112 cm³/mol. The summed E-state index contributed by atoms with van der Waals surface area (Å²) in [5, 5.41) is 1.89. The third kappa shape index (κ3) is 4.11. The molecule has 2 aromatic carbocycles. The summed E-state index contributed by atoms with van der Waals surface area (Å²) in [7, 11) is -3.59. The van der Waals surface area contributed by atoms with E-state index in [4.69, 9.17) is 4.42 Å². The number of hydrogen-bond donors (Lipinski definition) is 0. The number of piperazine rings is 1. The van der Waals surface area contributed by atoms with E-state index in [1.807, 2.05) is 43.3 Å². The van der Waals surface area contributed by atoms with Gasteiger partial charge in [-0.15, -0.1) is 0 Å².